The van der Waals surface area contributed by atoms with E-state index in [1.165, 1.54) is 20.3 Å². The Labute approximate surface area is 249 Å². The summed E-state index contributed by atoms with van der Waals surface area (Å²) in [5, 5.41) is 16.4. The average molecular weight is 592 g/mol. The van der Waals surface area contributed by atoms with Gasteiger partial charge in [0.25, 0.3) is 5.56 Å². The number of methoxy groups -OCH3 is 2. The SMILES string of the molecule is C=CC(=O)Nc1ccc(CCn2c(=O)c(-c3cc(OC)cc(OC)c3Cl)cc3cnc(NCC(C)(C)CO)nc32)cc1. The molecule has 10 nitrogen and oxygen atoms in total. The number of pyridine rings is 1. The number of aliphatic hydroxyl groups is 1. The van der Waals surface area contributed by atoms with Gasteiger partial charge in [0.2, 0.25) is 11.9 Å². The fraction of sp³-hybridized carbons (Fsp3) is 0.290. The number of carbonyl (C=O) groups is 1. The first-order valence-corrected chi connectivity index (χ1v) is 13.7. The van der Waals surface area contributed by atoms with Gasteiger partial charge in [0, 0.05) is 59.6 Å². The number of ether oxygens (including phenoxy) is 2. The molecule has 0 unspecified atom stereocenters. The molecule has 0 saturated heterocycles. The number of amides is 1. The summed E-state index contributed by atoms with van der Waals surface area (Å²) in [4.78, 5) is 34.8. The quantitative estimate of drug-likeness (QED) is 0.198. The molecule has 42 heavy (non-hydrogen) atoms. The van der Waals surface area contributed by atoms with Crippen molar-refractivity contribution in [3.05, 3.63) is 82.3 Å². The zero-order valence-corrected chi connectivity index (χ0v) is 24.8. The number of aromatic nitrogens is 3. The second kappa shape index (κ2) is 13.1. The van der Waals surface area contributed by atoms with Crippen LogP contribution in [0.4, 0.5) is 11.6 Å². The van der Waals surface area contributed by atoms with Crippen LogP contribution in [0.1, 0.15) is 19.4 Å². The van der Waals surface area contributed by atoms with Gasteiger partial charge in [-0.3, -0.25) is 14.2 Å². The van der Waals surface area contributed by atoms with Crippen LogP contribution in [-0.4, -0.2) is 52.9 Å². The lowest BCUT2D eigenvalue weighted by atomic mass is 9.95. The van der Waals surface area contributed by atoms with E-state index in [0.29, 0.717) is 64.8 Å². The number of carbonyl (C=O) groups excluding carboxylic acids is 1. The Kier molecular flexibility index (Phi) is 9.49. The molecule has 2 aromatic heterocycles. The molecule has 4 rings (SSSR count). The summed E-state index contributed by atoms with van der Waals surface area (Å²) in [6, 6.07) is 12.4. The number of aliphatic hydroxyl groups excluding tert-OH is 1. The lowest BCUT2D eigenvalue weighted by Gasteiger charge is -2.22. The molecule has 0 spiro atoms. The Bertz CT molecular complexity index is 1670. The van der Waals surface area contributed by atoms with Crippen molar-refractivity contribution in [2.45, 2.75) is 26.8 Å². The van der Waals surface area contributed by atoms with Crippen molar-refractivity contribution in [3.8, 4) is 22.6 Å². The maximum absolute atomic E-state index is 14.1. The average Bonchev–Trinajstić information content (AvgIpc) is 3.00. The standard InChI is InChI=1S/C31H34ClN5O5/c1-6-26(39)35-21-9-7-19(8-10-21)11-12-37-28-20(16-33-30(36-28)34-17-31(2,3)18-38)13-24(29(37)40)23-14-22(41-4)15-25(42-5)27(23)32/h6-10,13-16,38H,1,11-12,17-18H2,2-5H3,(H,35,39)(H,33,34,36). The van der Waals surface area contributed by atoms with E-state index in [1.54, 1.807) is 41.1 Å². The molecule has 220 valence electrons. The first-order valence-electron chi connectivity index (χ1n) is 13.3. The molecule has 2 heterocycles. The van der Waals surface area contributed by atoms with Crippen molar-refractivity contribution in [2.24, 2.45) is 5.41 Å². The van der Waals surface area contributed by atoms with Crippen LogP contribution in [0, 0.1) is 5.41 Å². The summed E-state index contributed by atoms with van der Waals surface area (Å²) >= 11 is 6.68. The van der Waals surface area contributed by atoms with Crippen LogP contribution in [0.3, 0.4) is 0 Å². The van der Waals surface area contributed by atoms with Gasteiger partial charge < -0.3 is 25.2 Å². The third kappa shape index (κ3) is 6.89. The summed E-state index contributed by atoms with van der Waals surface area (Å²) in [6.45, 7) is 8.03. The monoisotopic (exact) mass is 591 g/mol. The van der Waals surface area contributed by atoms with Crippen LogP contribution in [-0.2, 0) is 17.8 Å². The summed E-state index contributed by atoms with van der Waals surface area (Å²) in [6.07, 6.45) is 3.37. The maximum Gasteiger partial charge on any atom is 0.260 e. The maximum atomic E-state index is 14.1. The van der Waals surface area contributed by atoms with Crippen molar-refractivity contribution in [1.29, 1.82) is 0 Å². The van der Waals surface area contributed by atoms with E-state index in [9.17, 15) is 14.7 Å². The van der Waals surface area contributed by atoms with E-state index in [2.05, 4.69) is 27.2 Å². The predicted molar refractivity (Wildman–Crippen MR) is 166 cm³/mol. The fourth-order valence-electron chi connectivity index (χ4n) is 4.24. The number of hydrogen-bond acceptors (Lipinski definition) is 8. The lowest BCUT2D eigenvalue weighted by Crippen LogP contribution is -2.28. The summed E-state index contributed by atoms with van der Waals surface area (Å²) in [5.74, 6) is 0.913. The van der Waals surface area contributed by atoms with E-state index >= 15 is 0 Å². The van der Waals surface area contributed by atoms with E-state index in [-0.39, 0.29) is 28.5 Å². The minimum Gasteiger partial charge on any atom is -0.497 e. The van der Waals surface area contributed by atoms with Crippen molar-refractivity contribution in [1.82, 2.24) is 14.5 Å². The highest BCUT2D eigenvalue weighted by Gasteiger charge is 2.20. The Balaban J connectivity index is 1.79. The number of hydrogen-bond donors (Lipinski definition) is 3. The van der Waals surface area contributed by atoms with Gasteiger partial charge in [-0.05, 0) is 42.3 Å². The number of nitrogens with zero attached hydrogens (tertiary/aromatic N) is 3. The highest BCUT2D eigenvalue weighted by Crippen LogP contribution is 2.38. The van der Waals surface area contributed by atoms with Crippen LogP contribution in [0.2, 0.25) is 5.02 Å². The first kappa shape index (κ1) is 30.5. The smallest absolute Gasteiger partial charge is 0.260 e. The lowest BCUT2D eigenvalue weighted by molar-refractivity contribution is -0.111. The van der Waals surface area contributed by atoms with Gasteiger partial charge in [0.1, 0.15) is 17.1 Å². The summed E-state index contributed by atoms with van der Waals surface area (Å²) < 4.78 is 12.5. The zero-order chi connectivity index (χ0) is 30.4. The molecule has 0 aliphatic heterocycles. The highest BCUT2D eigenvalue weighted by molar-refractivity contribution is 6.35. The molecular weight excluding hydrogens is 558 g/mol. The van der Waals surface area contributed by atoms with E-state index in [4.69, 9.17) is 21.1 Å². The third-order valence-corrected chi connectivity index (χ3v) is 7.16. The van der Waals surface area contributed by atoms with E-state index in [1.807, 2.05) is 26.0 Å². The first-order chi connectivity index (χ1) is 20.1. The molecular formula is C31H34ClN5O5. The Hall–Kier alpha value is -4.41. The fourth-order valence-corrected chi connectivity index (χ4v) is 4.53. The molecule has 0 aliphatic carbocycles. The van der Waals surface area contributed by atoms with Gasteiger partial charge in [-0.15, -0.1) is 0 Å². The van der Waals surface area contributed by atoms with Gasteiger partial charge in [-0.25, -0.2) is 4.98 Å². The molecule has 0 radical (unpaired) electrons. The normalized spacial score (nSPS) is 11.3. The van der Waals surface area contributed by atoms with Gasteiger partial charge in [0.15, 0.2) is 0 Å². The zero-order valence-electron chi connectivity index (χ0n) is 24.0. The molecule has 0 bridgehead atoms. The molecule has 1 amide bonds. The van der Waals surface area contributed by atoms with Gasteiger partial charge in [-0.2, -0.15) is 4.98 Å². The molecule has 11 heteroatoms. The number of halogens is 1. The second-order valence-electron chi connectivity index (χ2n) is 10.5. The van der Waals surface area contributed by atoms with Crippen LogP contribution in [0.5, 0.6) is 11.5 Å². The summed E-state index contributed by atoms with van der Waals surface area (Å²) in [5.41, 5.74) is 2.17. The van der Waals surface area contributed by atoms with Crippen molar-refractivity contribution in [2.75, 3.05) is 38.0 Å². The Morgan fingerprint density at radius 1 is 1.14 bits per heavy atom. The minimum atomic E-state index is -0.388. The minimum absolute atomic E-state index is 0.0114. The molecule has 0 fully saturated rings. The van der Waals surface area contributed by atoms with Crippen molar-refractivity contribution < 1.29 is 19.4 Å². The number of nitrogens with one attached hydrogen (secondary N) is 2. The Morgan fingerprint density at radius 2 is 1.88 bits per heavy atom. The number of benzene rings is 2. The summed E-state index contributed by atoms with van der Waals surface area (Å²) in [7, 11) is 3.03. The molecule has 3 N–H and O–H groups in total. The van der Waals surface area contributed by atoms with Gasteiger partial charge in [-0.1, -0.05) is 44.2 Å². The van der Waals surface area contributed by atoms with Gasteiger partial charge in [0.05, 0.1) is 19.2 Å². The molecule has 0 aliphatic rings. The number of fused-ring (bicyclic) bond motifs is 1. The number of aryl methyl sites for hydroxylation is 2. The number of anilines is 2. The van der Waals surface area contributed by atoms with Gasteiger partial charge >= 0.3 is 0 Å². The van der Waals surface area contributed by atoms with Crippen LogP contribution in [0.15, 0.2) is 66.1 Å². The van der Waals surface area contributed by atoms with Crippen LogP contribution in [0.25, 0.3) is 22.2 Å². The molecule has 4 aromatic rings. The predicted octanol–water partition coefficient (Wildman–Crippen LogP) is 4.93. The topological polar surface area (TPSA) is 128 Å². The van der Waals surface area contributed by atoms with Crippen molar-refractivity contribution in [3.63, 3.8) is 0 Å². The molecule has 0 atom stereocenters. The second-order valence-corrected chi connectivity index (χ2v) is 10.9. The third-order valence-electron chi connectivity index (χ3n) is 6.77. The highest BCUT2D eigenvalue weighted by atomic mass is 35.5. The van der Waals surface area contributed by atoms with E-state index < -0.39 is 0 Å². The number of rotatable bonds is 12. The molecule has 2 aromatic carbocycles. The largest absolute Gasteiger partial charge is 0.497 e. The van der Waals surface area contributed by atoms with Crippen LogP contribution < -0.4 is 25.7 Å². The van der Waals surface area contributed by atoms with Crippen molar-refractivity contribution >= 4 is 40.2 Å². The van der Waals surface area contributed by atoms with E-state index in [0.717, 1.165) is 5.56 Å². The molecule has 0 saturated carbocycles. The Morgan fingerprint density at radius 3 is 2.52 bits per heavy atom. The van der Waals surface area contributed by atoms with Crippen LogP contribution >= 0.6 is 11.6 Å².